The molecule has 2 N–H and O–H groups in total. The van der Waals surface area contributed by atoms with Crippen LogP contribution < -0.4 is 0 Å². The molecule has 0 spiro atoms. The second-order valence-electron chi connectivity index (χ2n) is 6.42. The van der Waals surface area contributed by atoms with Gasteiger partial charge in [0.2, 0.25) is 0 Å². The Kier molecular flexibility index (Phi) is 6.92. The molecular formula is C20H24N2O6. The number of aromatic amines is 2. The number of rotatable bonds is 9. The third kappa shape index (κ3) is 4.21. The Hall–Kier alpha value is -3.16. The molecule has 0 atom stereocenters. The van der Waals surface area contributed by atoms with Crippen molar-refractivity contribution < 1.29 is 28.7 Å². The minimum atomic E-state index is -0.358. The van der Waals surface area contributed by atoms with E-state index in [4.69, 9.17) is 0 Å². The minimum Gasteiger partial charge on any atom is -0.469 e. The van der Waals surface area contributed by atoms with Crippen LogP contribution in [0.5, 0.6) is 0 Å². The smallest absolute Gasteiger partial charge is 0.305 e. The summed E-state index contributed by atoms with van der Waals surface area (Å²) in [7, 11) is 2.63. The molecule has 0 saturated carbocycles. The van der Waals surface area contributed by atoms with Gasteiger partial charge in [0.15, 0.2) is 12.6 Å². The molecule has 0 unspecified atom stereocenters. The summed E-state index contributed by atoms with van der Waals surface area (Å²) < 4.78 is 9.33. The van der Waals surface area contributed by atoms with Crippen LogP contribution in [0.25, 0.3) is 11.4 Å². The highest BCUT2D eigenvalue weighted by atomic mass is 16.5. The molecule has 8 nitrogen and oxygen atoms in total. The Labute approximate surface area is 162 Å². The average molecular weight is 388 g/mol. The van der Waals surface area contributed by atoms with Gasteiger partial charge in [-0.3, -0.25) is 19.2 Å². The van der Waals surface area contributed by atoms with Crippen LogP contribution in [0.3, 0.4) is 0 Å². The second-order valence-corrected chi connectivity index (χ2v) is 6.42. The second kappa shape index (κ2) is 9.16. The summed E-state index contributed by atoms with van der Waals surface area (Å²) in [5, 5.41) is 0. The van der Waals surface area contributed by atoms with Gasteiger partial charge in [-0.15, -0.1) is 0 Å². The fraction of sp³-hybridized carbons (Fsp3) is 0.400. The fourth-order valence-electron chi connectivity index (χ4n) is 3.32. The molecule has 0 radical (unpaired) electrons. The number of hydrogen-bond donors (Lipinski definition) is 2. The topological polar surface area (TPSA) is 118 Å². The molecule has 2 aromatic rings. The number of ether oxygens (including phenoxy) is 2. The van der Waals surface area contributed by atoms with Gasteiger partial charge in [0, 0.05) is 12.8 Å². The van der Waals surface area contributed by atoms with Gasteiger partial charge in [-0.1, -0.05) is 0 Å². The van der Waals surface area contributed by atoms with Gasteiger partial charge < -0.3 is 19.4 Å². The molecule has 0 bridgehead atoms. The van der Waals surface area contributed by atoms with Crippen molar-refractivity contribution >= 4 is 24.5 Å². The Balaban J connectivity index is 2.44. The number of nitrogens with one attached hydrogen (secondary N) is 2. The van der Waals surface area contributed by atoms with E-state index in [1.165, 1.54) is 14.2 Å². The van der Waals surface area contributed by atoms with Crippen molar-refractivity contribution in [2.45, 2.75) is 39.5 Å². The predicted octanol–water partition coefficient (Wildman–Crippen LogP) is 2.46. The summed E-state index contributed by atoms with van der Waals surface area (Å²) in [6.07, 6.45) is 2.45. The molecule has 0 amide bonds. The molecular weight excluding hydrogens is 364 g/mol. The lowest BCUT2D eigenvalue weighted by atomic mass is 10.0. The van der Waals surface area contributed by atoms with Crippen LogP contribution >= 0.6 is 0 Å². The van der Waals surface area contributed by atoms with E-state index in [0.29, 0.717) is 48.2 Å². The predicted molar refractivity (Wildman–Crippen MR) is 102 cm³/mol. The maximum Gasteiger partial charge on any atom is 0.305 e. The number of methoxy groups -OCH3 is 2. The van der Waals surface area contributed by atoms with E-state index in [1.54, 1.807) is 0 Å². The van der Waals surface area contributed by atoms with Gasteiger partial charge >= 0.3 is 11.9 Å². The lowest BCUT2D eigenvalue weighted by Crippen LogP contribution is -2.03. The largest absolute Gasteiger partial charge is 0.469 e. The first kappa shape index (κ1) is 21.1. The zero-order chi connectivity index (χ0) is 20.8. The van der Waals surface area contributed by atoms with Crippen molar-refractivity contribution in [3.63, 3.8) is 0 Å². The minimum absolute atomic E-state index is 0.156. The van der Waals surface area contributed by atoms with Gasteiger partial charge in [-0.2, -0.15) is 0 Å². The van der Waals surface area contributed by atoms with E-state index in [9.17, 15) is 19.2 Å². The van der Waals surface area contributed by atoms with Crippen LogP contribution in [0.2, 0.25) is 0 Å². The lowest BCUT2D eigenvalue weighted by Gasteiger charge is -2.04. The molecule has 0 aliphatic rings. The number of hydrogen-bond acceptors (Lipinski definition) is 6. The number of aromatic nitrogens is 2. The fourth-order valence-corrected chi connectivity index (χ4v) is 3.32. The zero-order valence-corrected chi connectivity index (χ0v) is 16.4. The van der Waals surface area contributed by atoms with E-state index in [-0.39, 0.29) is 24.8 Å². The number of esters is 2. The molecule has 0 aliphatic carbocycles. The van der Waals surface area contributed by atoms with Crippen LogP contribution in [0.1, 0.15) is 56.1 Å². The van der Waals surface area contributed by atoms with Gasteiger partial charge in [-0.05, 0) is 48.9 Å². The first-order chi connectivity index (χ1) is 13.4. The van der Waals surface area contributed by atoms with Crippen molar-refractivity contribution in [3.05, 3.63) is 33.6 Å². The molecule has 0 fully saturated rings. The molecule has 150 valence electrons. The van der Waals surface area contributed by atoms with E-state index < -0.39 is 0 Å². The Morgan fingerprint density at radius 2 is 1.14 bits per heavy atom. The van der Waals surface area contributed by atoms with Crippen molar-refractivity contribution in [2.75, 3.05) is 14.2 Å². The average Bonchev–Trinajstić information content (AvgIpc) is 3.19. The number of aldehydes is 2. The van der Waals surface area contributed by atoms with Gasteiger partial charge in [-0.25, -0.2) is 0 Å². The standard InChI is InChI=1S/C20H24N2O6/c1-11-13(5-7-17(25)27-3)15(9-23)21-19(11)20-12(2)14(16(10-24)22-20)6-8-18(26)28-4/h9-10,21-22H,5-8H2,1-4H3. The van der Waals surface area contributed by atoms with Crippen molar-refractivity contribution in [3.8, 4) is 11.4 Å². The first-order valence-electron chi connectivity index (χ1n) is 8.85. The number of H-pyrrole nitrogens is 2. The van der Waals surface area contributed by atoms with E-state index >= 15 is 0 Å². The summed E-state index contributed by atoms with van der Waals surface area (Å²) in [6.45, 7) is 3.70. The zero-order valence-electron chi connectivity index (χ0n) is 16.4. The lowest BCUT2D eigenvalue weighted by molar-refractivity contribution is -0.141. The Bertz CT molecular complexity index is 832. The van der Waals surface area contributed by atoms with E-state index in [2.05, 4.69) is 19.4 Å². The summed E-state index contributed by atoms with van der Waals surface area (Å²) in [6, 6.07) is 0. The summed E-state index contributed by atoms with van der Waals surface area (Å²) in [5.41, 5.74) is 5.20. The molecule has 8 heteroatoms. The van der Waals surface area contributed by atoms with Crippen molar-refractivity contribution in [1.82, 2.24) is 9.97 Å². The monoisotopic (exact) mass is 388 g/mol. The molecule has 2 rings (SSSR count). The Morgan fingerprint density at radius 3 is 1.43 bits per heavy atom. The number of carbonyl (C=O) groups is 4. The molecule has 2 heterocycles. The number of carbonyl (C=O) groups excluding carboxylic acids is 4. The quantitative estimate of drug-likeness (QED) is 0.503. The summed E-state index contributed by atoms with van der Waals surface area (Å²) >= 11 is 0. The molecule has 0 aliphatic heterocycles. The van der Waals surface area contributed by atoms with E-state index in [0.717, 1.165) is 22.3 Å². The van der Waals surface area contributed by atoms with Gasteiger partial charge in [0.05, 0.1) is 37.0 Å². The molecule has 0 saturated heterocycles. The normalized spacial score (nSPS) is 10.6. The third-order valence-electron chi connectivity index (χ3n) is 4.92. The van der Waals surface area contributed by atoms with Crippen LogP contribution in [-0.2, 0) is 31.9 Å². The third-order valence-corrected chi connectivity index (χ3v) is 4.92. The maximum atomic E-state index is 11.5. The van der Waals surface area contributed by atoms with Crippen LogP contribution in [0, 0.1) is 13.8 Å². The van der Waals surface area contributed by atoms with Crippen molar-refractivity contribution in [2.24, 2.45) is 0 Å². The summed E-state index contributed by atoms with van der Waals surface area (Å²) in [5.74, 6) is -0.716. The first-order valence-corrected chi connectivity index (χ1v) is 8.85. The highest BCUT2D eigenvalue weighted by Crippen LogP contribution is 2.32. The van der Waals surface area contributed by atoms with E-state index in [1.807, 2.05) is 13.8 Å². The SMILES string of the molecule is COC(=O)CCc1c(C=O)[nH]c(-c2[nH]c(C=O)c(CCC(=O)OC)c2C)c1C. The van der Waals surface area contributed by atoms with Crippen LogP contribution in [0.15, 0.2) is 0 Å². The highest BCUT2D eigenvalue weighted by molar-refractivity contribution is 5.84. The highest BCUT2D eigenvalue weighted by Gasteiger charge is 2.22. The molecule has 2 aromatic heterocycles. The summed E-state index contributed by atoms with van der Waals surface area (Å²) in [4.78, 5) is 52.1. The van der Waals surface area contributed by atoms with Gasteiger partial charge in [0.25, 0.3) is 0 Å². The maximum absolute atomic E-state index is 11.5. The van der Waals surface area contributed by atoms with Crippen molar-refractivity contribution in [1.29, 1.82) is 0 Å². The molecule has 0 aromatic carbocycles. The Morgan fingerprint density at radius 1 is 0.786 bits per heavy atom. The van der Waals surface area contributed by atoms with Crippen LogP contribution in [0.4, 0.5) is 0 Å². The van der Waals surface area contributed by atoms with Gasteiger partial charge in [0.1, 0.15) is 0 Å². The van der Waals surface area contributed by atoms with Crippen LogP contribution in [-0.4, -0.2) is 48.7 Å². The molecule has 28 heavy (non-hydrogen) atoms.